The third-order valence-electron chi connectivity index (χ3n) is 6.43. The van der Waals surface area contributed by atoms with E-state index in [4.69, 9.17) is 9.47 Å². The van der Waals surface area contributed by atoms with E-state index in [-0.39, 0.29) is 23.4 Å². The summed E-state index contributed by atoms with van der Waals surface area (Å²) in [6.07, 6.45) is 4.04. The van der Waals surface area contributed by atoms with Crippen LogP contribution in [-0.4, -0.2) is 69.1 Å². The van der Waals surface area contributed by atoms with Gasteiger partial charge in [0.15, 0.2) is 0 Å². The molecule has 0 saturated carbocycles. The molecule has 1 aliphatic heterocycles. The number of likely N-dealkylation sites (tertiary alicyclic amines) is 1. The van der Waals surface area contributed by atoms with Crippen molar-refractivity contribution in [2.45, 2.75) is 71.4 Å². The van der Waals surface area contributed by atoms with Gasteiger partial charge in [0.1, 0.15) is 5.75 Å². The molecule has 0 bridgehead atoms. The van der Waals surface area contributed by atoms with Gasteiger partial charge in [-0.25, -0.2) is 4.79 Å². The van der Waals surface area contributed by atoms with Crippen LogP contribution in [0.3, 0.4) is 0 Å². The minimum absolute atomic E-state index is 0.00740. The molecule has 2 rings (SSSR count). The highest BCUT2D eigenvalue weighted by Gasteiger charge is 2.43. The first kappa shape index (κ1) is 28.4. The van der Waals surface area contributed by atoms with Gasteiger partial charge >= 0.3 is 6.03 Å². The molecule has 7 nitrogen and oxygen atoms in total. The number of urea groups is 1. The number of para-hydroxylation sites is 1. The number of likely N-dealkylation sites (N-methyl/N-ethyl adjacent to an activating group) is 1. The van der Waals surface area contributed by atoms with E-state index in [1.165, 1.54) is 0 Å². The van der Waals surface area contributed by atoms with E-state index in [9.17, 15) is 9.90 Å². The topological polar surface area (TPSA) is 83.1 Å². The first-order valence-corrected chi connectivity index (χ1v) is 12.7. The number of carbonyl (C=O) groups excluding carboxylic acids is 1. The molecule has 1 aliphatic rings. The fourth-order valence-electron chi connectivity index (χ4n) is 4.65. The van der Waals surface area contributed by atoms with E-state index in [1.54, 1.807) is 7.11 Å². The monoisotopic (exact) mass is 477 g/mol. The Morgan fingerprint density at radius 1 is 1.26 bits per heavy atom. The van der Waals surface area contributed by atoms with Gasteiger partial charge in [-0.05, 0) is 57.6 Å². The highest BCUT2D eigenvalue weighted by Crippen LogP contribution is 2.43. The summed E-state index contributed by atoms with van der Waals surface area (Å²) in [5.74, 6) is 0.657. The molecule has 1 unspecified atom stereocenters. The molecule has 0 spiro atoms. The number of amides is 2. The predicted octanol–water partition coefficient (Wildman–Crippen LogP) is 4.15. The second kappa shape index (κ2) is 13.3. The molecular weight excluding hydrogens is 430 g/mol. The van der Waals surface area contributed by atoms with Gasteiger partial charge < -0.3 is 30.1 Å². The summed E-state index contributed by atoms with van der Waals surface area (Å²) in [5.41, 5.74) is -0.252. The van der Waals surface area contributed by atoms with Crippen LogP contribution in [0.4, 0.5) is 4.79 Å². The van der Waals surface area contributed by atoms with Crippen molar-refractivity contribution >= 4 is 6.03 Å². The second-order valence-corrected chi connectivity index (χ2v) is 10.9. The first-order valence-electron chi connectivity index (χ1n) is 12.7. The third kappa shape index (κ3) is 8.43. The summed E-state index contributed by atoms with van der Waals surface area (Å²) in [6.45, 7) is 11.6. The van der Waals surface area contributed by atoms with Crippen molar-refractivity contribution in [3.05, 3.63) is 29.8 Å². The quantitative estimate of drug-likeness (QED) is 0.394. The highest BCUT2D eigenvalue weighted by molar-refractivity contribution is 5.74. The Kier molecular flexibility index (Phi) is 11.1. The molecular formula is C27H47N3O4. The largest absolute Gasteiger partial charge is 0.493 e. The van der Waals surface area contributed by atoms with Crippen LogP contribution in [0.5, 0.6) is 5.75 Å². The minimum atomic E-state index is -1.09. The number of nitrogens with zero attached hydrogens (tertiary/aromatic N) is 1. The van der Waals surface area contributed by atoms with Gasteiger partial charge in [-0.1, -0.05) is 39.0 Å². The number of unbranched alkanes of at least 4 members (excludes halogenated alkanes) is 1. The van der Waals surface area contributed by atoms with Crippen LogP contribution in [0.1, 0.15) is 65.4 Å². The zero-order valence-corrected chi connectivity index (χ0v) is 22.2. The number of rotatable bonds is 12. The molecule has 1 saturated heterocycles. The molecule has 2 amide bonds. The molecule has 3 atom stereocenters. The van der Waals surface area contributed by atoms with Crippen LogP contribution in [0.25, 0.3) is 0 Å². The van der Waals surface area contributed by atoms with E-state index in [0.717, 1.165) is 37.0 Å². The summed E-state index contributed by atoms with van der Waals surface area (Å²) >= 11 is 0. The Morgan fingerprint density at radius 3 is 2.68 bits per heavy atom. The summed E-state index contributed by atoms with van der Waals surface area (Å²) in [5, 5.41) is 18.5. The number of hydrogen-bond donors (Lipinski definition) is 3. The summed E-state index contributed by atoms with van der Waals surface area (Å²) in [7, 11) is 3.58. The van der Waals surface area contributed by atoms with Gasteiger partial charge in [0, 0.05) is 50.9 Å². The van der Waals surface area contributed by atoms with Crippen LogP contribution >= 0.6 is 0 Å². The number of aliphatic hydroxyl groups is 1. The Hall–Kier alpha value is -1.83. The lowest BCUT2D eigenvalue weighted by molar-refractivity contribution is -0.0583. The number of nitrogens with one attached hydrogen (secondary N) is 2. The van der Waals surface area contributed by atoms with Crippen molar-refractivity contribution in [2.75, 3.05) is 47.0 Å². The molecule has 1 aromatic carbocycles. The Bertz CT molecular complexity index is 752. The summed E-state index contributed by atoms with van der Waals surface area (Å²) in [4.78, 5) is 14.8. The van der Waals surface area contributed by atoms with E-state index >= 15 is 0 Å². The number of benzene rings is 1. The van der Waals surface area contributed by atoms with Crippen LogP contribution in [0.2, 0.25) is 0 Å². The van der Waals surface area contributed by atoms with Crippen molar-refractivity contribution < 1.29 is 19.4 Å². The van der Waals surface area contributed by atoms with Gasteiger partial charge in [0.25, 0.3) is 0 Å². The second-order valence-electron chi connectivity index (χ2n) is 10.9. The molecule has 1 fully saturated rings. The van der Waals surface area contributed by atoms with E-state index in [1.807, 2.05) is 43.1 Å². The SMILES string of the molecule is CNC[C@H](C)NC(=O)N1CCC[C@@H](C(O)(CCCCOC)c2ccccc2OCC(C)(C)C)C1. The summed E-state index contributed by atoms with van der Waals surface area (Å²) < 4.78 is 11.5. The maximum atomic E-state index is 12.9. The number of piperidine rings is 1. The smallest absolute Gasteiger partial charge is 0.317 e. The fraction of sp³-hybridized carbons (Fsp3) is 0.741. The molecule has 0 aliphatic carbocycles. The zero-order chi connectivity index (χ0) is 25.2. The average Bonchev–Trinajstić information content (AvgIpc) is 2.80. The lowest BCUT2D eigenvalue weighted by Crippen LogP contribution is -2.53. The molecule has 1 heterocycles. The lowest BCUT2D eigenvalue weighted by Gasteiger charge is -2.43. The molecule has 3 N–H and O–H groups in total. The number of methoxy groups -OCH3 is 1. The van der Waals surface area contributed by atoms with Crippen LogP contribution < -0.4 is 15.4 Å². The first-order chi connectivity index (χ1) is 16.1. The van der Waals surface area contributed by atoms with E-state index in [2.05, 4.69) is 31.4 Å². The van der Waals surface area contributed by atoms with E-state index < -0.39 is 5.60 Å². The van der Waals surface area contributed by atoms with Crippen molar-refractivity contribution in [1.82, 2.24) is 15.5 Å². The molecule has 1 aromatic rings. The normalized spacial score (nSPS) is 19.4. The highest BCUT2D eigenvalue weighted by atomic mass is 16.5. The Balaban J connectivity index is 2.28. The molecule has 34 heavy (non-hydrogen) atoms. The van der Waals surface area contributed by atoms with Crippen molar-refractivity contribution in [3.8, 4) is 5.75 Å². The van der Waals surface area contributed by atoms with Gasteiger partial charge in [-0.3, -0.25) is 0 Å². The van der Waals surface area contributed by atoms with Crippen molar-refractivity contribution in [1.29, 1.82) is 0 Å². The van der Waals surface area contributed by atoms with Gasteiger partial charge in [-0.2, -0.15) is 0 Å². The number of hydrogen-bond acceptors (Lipinski definition) is 5. The van der Waals surface area contributed by atoms with Crippen LogP contribution in [0.15, 0.2) is 24.3 Å². The number of carbonyl (C=O) groups is 1. The predicted molar refractivity (Wildman–Crippen MR) is 137 cm³/mol. The van der Waals surface area contributed by atoms with Crippen LogP contribution in [0, 0.1) is 11.3 Å². The molecule has 0 aromatic heterocycles. The maximum absolute atomic E-state index is 12.9. The van der Waals surface area contributed by atoms with E-state index in [0.29, 0.717) is 39.3 Å². The lowest BCUT2D eigenvalue weighted by atomic mass is 9.73. The fourth-order valence-corrected chi connectivity index (χ4v) is 4.65. The molecule has 0 radical (unpaired) electrons. The van der Waals surface area contributed by atoms with Crippen molar-refractivity contribution in [3.63, 3.8) is 0 Å². The average molecular weight is 478 g/mol. The molecule has 194 valence electrons. The zero-order valence-electron chi connectivity index (χ0n) is 22.2. The Labute approximate surface area is 206 Å². The molecule has 7 heteroatoms. The van der Waals surface area contributed by atoms with Crippen molar-refractivity contribution in [2.24, 2.45) is 11.3 Å². The standard InChI is InChI=1S/C27H47N3O4/c1-21(18-28-5)29-25(31)30-16-11-12-22(19-30)27(32,15-9-10-17-33-6)23-13-7-8-14-24(23)34-20-26(2,3)4/h7-8,13-14,21-22,28,32H,9-12,15-20H2,1-6H3,(H,29,31)/t21-,22+,27?/m0/s1. The van der Waals surface area contributed by atoms with Gasteiger partial charge in [-0.15, -0.1) is 0 Å². The minimum Gasteiger partial charge on any atom is -0.493 e. The van der Waals surface area contributed by atoms with Gasteiger partial charge in [0.2, 0.25) is 0 Å². The summed E-state index contributed by atoms with van der Waals surface area (Å²) in [6, 6.07) is 7.84. The third-order valence-corrected chi connectivity index (χ3v) is 6.43. The number of ether oxygens (including phenoxy) is 2. The van der Waals surface area contributed by atoms with Gasteiger partial charge in [0.05, 0.1) is 12.2 Å². The maximum Gasteiger partial charge on any atom is 0.317 e. The Morgan fingerprint density at radius 2 is 2.00 bits per heavy atom. The van der Waals surface area contributed by atoms with Crippen LogP contribution in [-0.2, 0) is 10.3 Å².